The molecule has 0 aliphatic heterocycles. The van der Waals surface area contributed by atoms with E-state index in [-0.39, 0.29) is 16.7 Å². The molecule has 7 heteroatoms. The van der Waals surface area contributed by atoms with Crippen LogP contribution < -0.4 is 5.43 Å². The standard InChI is InChI=1S/C17H14F2N2O3/c1-10-3-6-14(18)13(7-10)16(22)21-20-9-12-5-4-11(8-15(12)19)17(23)24-2/h3-9H,1-2H3,(H,21,22)/b20-9+. The fraction of sp³-hybridized carbons (Fsp3) is 0.118. The number of nitrogens with zero attached hydrogens (tertiary/aromatic N) is 1. The highest BCUT2D eigenvalue weighted by molar-refractivity contribution is 5.95. The van der Waals surface area contributed by atoms with E-state index in [0.29, 0.717) is 0 Å². The average molecular weight is 332 g/mol. The van der Waals surface area contributed by atoms with Gasteiger partial charge in [0.15, 0.2) is 0 Å². The summed E-state index contributed by atoms with van der Waals surface area (Å²) < 4.78 is 31.9. The van der Waals surface area contributed by atoms with E-state index >= 15 is 0 Å². The van der Waals surface area contributed by atoms with Gasteiger partial charge >= 0.3 is 5.97 Å². The van der Waals surface area contributed by atoms with Gasteiger partial charge in [0.1, 0.15) is 11.6 Å². The summed E-state index contributed by atoms with van der Waals surface area (Å²) in [5.41, 5.74) is 2.78. The number of amides is 1. The van der Waals surface area contributed by atoms with Gasteiger partial charge in [0.25, 0.3) is 5.91 Å². The van der Waals surface area contributed by atoms with Crippen LogP contribution in [0.4, 0.5) is 8.78 Å². The van der Waals surface area contributed by atoms with Crippen LogP contribution in [0.25, 0.3) is 0 Å². The molecule has 2 rings (SSSR count). The molecule has 0 saturated carbocycles. The fourth-order valence-corrected chi connectivity index (χ4v) is 1.91. The number of hydrazone groups is 1. The zero-order chi connectivity index (χ0) is 17.7. The lowest BCUT2D eigenvalue weighted by atomic mass is 10.1. The lowest BCUT2D eigenvalue weighted by molar-refractivity contribution is 0.0600. The van der Waals surface area contributed by atoms with E-state index < -0.39 is 23.5 Å². The lowest BCUT2D eigenvalue weighted by Gasteiger charge is -2.03. The number of rotatable bonds is 4. The van der Waals surface area contributed by atoms with Crippen LogP contribution in [-0.4, -0.2) is 25.2 Å². The maximum atomic E-state index is 13.8. The number of hydrogen-bond acceptors (Lipinski definition) is 4. The minimum Gasteiger partial charge on any atom is -0.465 e. The van der Waals surface area contributed by atoms with Crippen molar-refractivity contribution in [2.24, 2.45) is 5.10 Å². The normalized spacial score (nSPS) is 10.7. The van der Waals surface area contributed by atoms with E-state index in [4.69, 9.17) is 0 Å². The Morgan fingerprint density at radius 2 is 1.88 bits per heavy atom. The number of carbonyl (C=O) groups is 2. The van der Waals surface area contributed by atoms with Crippen LogP contribution in [-0.2, 0) is 4.74 Å². The Morgan fingerprint density at radius 3 is 2.54 bits per heavy atom. The first-order valence-corrected chi connectivity index (χ1v) is 6.90. The van der Waals surface area contributed by atoms with Crippen LogP contribution in [0.5, 0.6) is 0 Å². The Hall–Kier alpha value is -3.09. The molecule has 0 aromatic heterocycles. The maximum Gasteiger partial charge on any atom is 0.337 e. The molecule has 0 unspecified atom stereocenters. The molecule has 0 radical (unpaired) electrons. The van der Waals surface area contributed by atoms with Gasteiger partial charge in [-0.05, 0) is 37.3 Å². The SMILES string of the molecule is COC(=O)c1ccc(/C=N/NC(=O)c2cc(C)ccc2F)c(F)c1. The first-order valence-electron chi connectivity index (χ1n) is 6.90. The largest absolute Gasteiger partial charge is 0.465 e. The molecule has 2 aromatic rings. The van der Waals surface area contributed by atoms with Crippen molar-refractivity contribution in [3.63, 3.8) is 0 Å². The molecule has 0 aliphatic rings. The van der Waals surface area contributed by atoms with E-state index in [9.17, 15) is 18.4 Å². The van der Waals surface area contributed by atoms with E-state index in [1.54, 1.807) is 6.92 Å². The molecule has 0 aliphatic carbocycles. The number of methoxy groups -OCH3 is 1. The summed E-state index contributed by atoms with van der Waals surface area (Å²) in [5, 5.41) is 3.60. The van der Waals surface area contributed by atoms with Crippen molar-refractivity contribution in [3.05, 3.63) is 70.3 Å². The second-order valence-corrected chi connectivity index (χ2v) is 4.91. The van der Waals surface area contributed by atoms with Crippen LogP contribution >= 0.6 is 0 Å². The molecule has 1 amide bonds. The van der Waals surface area contributed by atoms with Crippen LogP contribution in [0.3, 0.4) is 0 Å². The molecule has 0 heterocycles. The molecule has 24 heavy (non-hydrogen) atoms. The smallest absolute Gasteiger partial charge is 0.337 e. The number of halogens is 2. The summed E-state index contributed by atoms with van der Waals surface area (Å²) in [7, 11) is 1.19. The van der Waals surface area contributed by atoms with E-state index in [2.05, 4.69) is 15.3 Å². The van der Waals surface area contributed by atoms with Crippen molar-refractivity contribution in [2.75, 3.05) is 7.11 Å². The number of ether oxygens (including phenoxy) is 1. The van der Waals surface area contributed by atoms with Crippen molar-refractivity contribution >= 4 is 18.1 Å². The van der Waals surface area contributed by atoms with Crippen LogP contribution in [0.2, 0.25) is 0 Å². The van der Waals surface area contributed by atoms with Crippen molar-refractivity contribution in [1.29, 1.82) is 0 Å². The highest BCUT2D eigenvalue weighted by atomic mass is 19.1. The molecule has 0 fully saturated rings. The van der Waals surface area contributed by atoms with Gasteiger partial charge in [0.05, 0.1) is 24.5 Å². The average Bonchev–Trinajstić information content (AvgIpc) is 2.57. The molecule has 0 spiro atoms. The van der Waals surface area contributed by atoms with Gasteiger partial charge in [0.2, 0.25) is 0 Å². The van der Waals surface area contributed by atoms with E-state index in [1.807, 2.05) is 0 Å². The van der Waals surface area contributed by atoms with Gasteiger partial charge in [-0.15, -0.1) is 0 Å². The monoisotopic (exact) mass is 332 g/mol. The summed E-state index contributed by atoms with van der Waals surface area (Å²) in [6.45, 7) is 1.72. The van der Waals surface area contributed by atoms with Crippen molar-refractivity contribution in [2.45, 2.75) is 6.92 Å². The topological polar surface area (TPSA) is 67.8 Å². The third kappa shape index (κ3) is 4.01. The summed E-state index contributed by atoms with van der Waals surface area (Å²) in [6, 6.07) is 7.76. The van der Waals surface area contributed by atoms with Gasteiger partial charge < -0.3 is 4.74 Å². The first-order chi connectivity index (χ1) is 11.4. The molecule has 1 N–H and O–H groups in total. The van der Waals surface area contributed by atoms with Crippen molar-refractivity contribution < 1.29 is 23.1 Å². The van der Waals surface area contributed by atoms with Crippen molar-refractivity contribution in [1.82, 2.24) is 5.43 Å². The quantitative estimate of drug-likeness (QED) is 0.532. The minimum absolute atomic E-state index is 0.0488. The fourth-order valence-electron chi connectivity index (χ4n) is 1.91. The molecule has 124 valence electrons. The van der Waals surface area contributed by atoms with Crippen LogP contribution in [0, 0.1) is 18.6 Å². The molecule has 0 bridgehead atoms. The summed E-state index contributed by atoms with van der Waals surface area (Å²) in [5.74, 6) is -2.81. The van der Waals surface area contributed by atoms with Crippen molar-refractivity contribution in [3.8, 4) is 0 Å². The highest BCUT2D eigenvalue weighted by Crippen LogP contribution is 2.11. The molecular weight excluding hydrogens is 318 g/mol. The molecule has 5 nitrogen and oxygen atoms in total. The molecular formula is C17H14F2N2O3. The number of esters is 1. The Kier molecular flexibility index (Phi) is 5.36. The van der Waals surface area contributed by atoms with Crippen LogP contribution in [0.1, 0.15) is 31.8 Å². The Labute approximate surface area is 136 Å². The summed E-state index contributed by atoms with van der Waals surface area (Å²) in [4.78, 5) is 23.1. The minimum atomic E-state index is -0.751. The van der Waals surface area contributed by atoms with Gasteiger partial charge in [-0.1, -0.05) is 11.6 Å². The number of nitrogens with one attached hydrogen (secondary N) is 1. The Balaban J connectivity index is 2.10. The Morgan fingerprint density at radius 1 is 1.12 bits per heavy atom. The first kappa shape index (κ1) is 17.3. The third-order valence-electron chi connectivity index (χ3n) is 3.16. The Bertz CT molecular complexity index is 819. The number of carbonyl (C=O) groups excluding carboxylic acids is 2. The molecule has 0 saturated heterocycles. The van der Waals surface area contributed by atoms with E-state index in [0.717, 1.165) is 17.8 Å². The van der Waals surface area contributed by atoms with Crippen LogP contribution in [0.15, 0.2) is 41.5 Å². The van der Waals surface area contributed by atoms with E-state index in [1.165, 1.54) is 37.4 Å². The predicted molar refractivity (Wildman–Crippen MR) is 83.9 cm³/mol. The highest BCUT2D eigenvalue weighted by Gasteiger charge is 2.11. The second kappa shape index (κ2) is 7.45. The summed E-state index contributed by atoms with van der Waals surface area (Å²) in [6.07, 6.45) is 1.06. The molecule has 0 atom stereocenters. The number of aryl methyl sites for hydroxylation is 1. The van der Waals surface area contributed by atoms with Gasteiger partial charge in [0, 0.05) is 5.56 Å². The zero-order valence-corrected chi connectivity index (χ0v) is 13.0. The van der Waals surface area contributed by atoms with Gasteiger partial charge in [-0.2, -0.15) is 5.10 Å². The zero-order valence-electron chi connectivity index (χ0n) is 13.0. The maximum absolute atomic E-state index is 13.8. The lowest BCUT2D eigenvalue weighted by Crippen LogP contribution is -2.19. The molecule has 2 aromatic carbocycles. The van der Waals surface area contributed by atoms with Gasteiger partial charge in [-0.25, -0.2) is 19.0 Å². The number of benzene rings is 2. The third-order valence-corrected chi connectivity index (χ3v) is 3.16. The summed E-state index contributed by atoms with van der Waals surface area (Å²) >= 11 is 0. The number of hydrogen-bond donors (Lipinski definition) is 1. The van der Waals surface area contributed by atoms with Gasteiger partial charge in [-0.3, -0.25) is 4.79 Å². The predicted octanol–water partition coefficient (Wildman–Crippen LogP) is 2.82. The second-order valence-electron chi connectivity index (χ2n) is 4.91.